The fourth-order valence-corrected chi connectivity index (χ4v) is 2.18. The molecule has 0 bridgehead atoms. The van der Waals surface area contributed by atoms with Gasteiger partial charge in [-0.15, -0.1) is 0 Å². The number of benzene rings is 1. The van der Waals surface area contributed by atoms with Crippen LogP contribution in [0.25, 0.3) is 0 Å². The minimum Gasteiger partial charge on any atom is -0.330 e. The lowest BCUT2D eigenvalue weighted by Gasteiger charge is -2.30. The molecule has 0 spiro atoms. The average Bonchev–Trinajstić information content (AvgIpc) is 2.45. The van der Waals surface area contributed by atoms with E-state index in [0.717, 1.165) is 0 Å². The van der Waals surface area contributed by atoms with Crippen molar-refractivity contribution in [3.63, 3.8) is 0 Å². The van der Waals surface area contributed by atoms with Crippen LogP contribution in [0.3, 0.4) is 0 Å². The van der Waals surface area contributed by atoms with Crippen molar-refractivity contribution in [2.45, 2.75) is 18.9 Å². The van der Waals surface area contributed by atoms with Gasteiger partial charge in [-0.05, 0) is 12.5 Å². The number of carbonyl (C=O) groups is 4. The van der Waals surface area contributed by atoms with Crippen LogP contribution in [0, 0.1) is 0 Å². The van der Waals surface area contributed by atoms with E-state index in [2.05, 4.69) is 5.32 Å². The molecule has 20 heavy (non-hydrogen) atoms. The lowest BCUT2D eigenvalue weighted by Crippen LogP contribution is -2.53. The summed E-state index contributed by atoms with van der Waals surface area (Å²) in [5.74, 6) is -1.23. The Labute approximate surface area is 115 Å². The van der Waals surface area contributed by atoms with E-state index in [9.17, 15) is 19.2 Å². The summed E-state index contributed by atoms with van der Waals surface area (Å²) in [4.78, 5) is 47.4. The third-order valence-electron chi connectivity index (χ3n) is 3.32. The molecule has 1 atom stereocenters. The van der Waals surface area contributed by atoms with E-state index >= 15 is 0 Å². The van der Waals surface area contributed by atoms with Crippen molar-refractivity contribution in [1.82, 2.24) is 10.2 Å². The number of nitrogens with zero attached hydrogens (tertiary/aromatic N) is 1. The standard InChI is InChI=1S/C14H14N2O4/c1-16(11-6-7-12(18)15-13(11)19)14(20)10-5-3-2-4-9(10)8-17/h2-5,8,11H,6-7H2,1H3,(H,15,18,19). The van der Waals surface area contributed by atoms with Crippen LogP contribution in [0.1, 0.15) is 33.6 Å². The highest BCUT2D eigenvalue weighted by Crippen LogP contribution is 2.16. The highest BCUT2D eigenvalue weighted by Gasteiger charge is 2.33. The van der Waals surface area contributed by atoms with Crippen molar-refractivity contribution in [3.05, 3.63) is 35.4 Å². The smallest absolute Gasteiger partial charge is 0.255 e. The Hall–Kier alpha value is -2.50. The first-order valence-corrected chi connectivity index (χ1v) is 6.19. The molecule has 2 rings (SSSR count). The number of imide groups is 1. The maximum atomic E-state index is 12.4. The van der Waals surface area contributed by atoms with Gasteiger partial charge in [0, 0.05) is 19.0 Å². The molecule has 6 heteroatoms. The molecule has 1 heterocycles. The van der Waals surface area contributed by atoms with Gasteiger partial charge < -0.3 is 4.90 Å². The Morgan fingerprint density at radius 3 is 2.70 bits per heavy atom. The third kappa shape index (κ3) is 2.59. The Morgan fingerprint density at radius 2 is 2.05 bits per heavy atom. The molecule has 3 amide bonds. The summed E-state index contributed by atoms with van der Waals surface area (Å²) in [6, 6.07) is 5.69. The molecule has 0 aliphatic carbocycles. The zero-order valence-corrected chi connectivity index (χ0v) is 11.0. The van der Waals surface area contributed by atoms with Crippen LogP contribution in [0.15, 0.2) is 24.3 Å². The molecule has 1 N–H and O–H groups in total. The zero-order chi connectivity index (χ0) is 14.7. The number of amides is 3. The second kappa shape index (κ2) is 5.64. The molecule has 1 aromatic rings. The summed E-state index contributed by atoms with van der Waals surface area (Å²) in [5.41, 5.74) is 0.520. The molecule has 0 radical (unpaired) electrons. The SMILES string of the molecule is CN(C(=O)c1ccccc1C=O)C1CCC(=O)NC1=O. The van der Waals surface area contributed by atoms with Crippen LogP contribution < -0.4 is 5.32 Å². The van der Waals surface area contributed by atoms with E-state index in [-0.39, 0.29) is 29.9 Å². The predicted octanol–water partition coefficient (Wildman–Crippen LogP) is 0.376. The van der Waals surface area contributed by atoms with Crippen LogP contribution in [-0.4, -0.2) is 42.0 Å². The molecule has 0 aromatic heterocycles. The van der Waals surface area contributed by atoms with Gasteiger partial charge in [0.25, 0.3) is 5.91 Å². The average molecular weight is 274 g/mol. The zero-order valence-electron chi connectivity index (χ0n) is 11.0. The van der Waals surface area contributed by atoms with E-state index < -0.39 is 17.9 Å². The molecule has 1 aliphatic heterocycles. The molecule has 1 unspecified atom stereocenters. The fraction of sp³-hybridized carbons (Fsp3) is 0.286. The second-order valence-corrected chi connectivity index (χ2v) is 4.59. The largest absolute Gasteiger partial charge is 0.330 e. The van der Waals surface area contributed by atoms with Crippen LogP contribution >= 0.6 is 0 Å². The molecular weight excluding hydrogens is 260 g/mol. The topological polar surface area (TPSA) is 83.6 Å². The number of rotatable bonds is 3. The number of hydrogen-bond donors (Lipinski definition) is 1. The van der Waals surface area contributed by atoms with Crippen molar-refractivity contribution < 1.29 is 19.2 Å². The van der Waals surface area contributed by atoms with Crippen molar-refractivity contribution in [1.29, 1.82) is 0 Å². The lowest BCUT2D eigenvalue weighted by atomic mass is 10.0. The van der Waals surface area contributed by atoms with Gasteiger partial charge in [0.05, 0.1) is 5.56 Å². The van der Waals surface area contributed by atoms with Crippen molar-refractivity contribution in [3.8, 4) is 0 Å². The van der Waals surface area contributed by atoms with Gasteiger partial charge in [-0.25, -0.2) is 0 Å². The first-order chi connectivity index (χ1) is 9.54. The molecule has 0 saturated carbocycles. The van der Waals surface area contributed by atoms with E-state index in [0.29, 0.717) is 6.29 Å². The summed E-state index contributed by atoms with van der Waals surface area (Å²) >= 11 is 0. The van der Waals surface area contributed by atoms with Gasteiger partial charge in [0.1, 0.15) is 6.04 Å². The van der Waals surface area contributed by atoms with Gasteiger partial charge in [-0.3, -0.25) is 24.5 Å². The number of carbonyl (C=O) groups excluding carboxylic acids is 4. The molecule has 1 fully saturated rings. The first kappa shape index (κ1) is 13.9. The number of aldehydes is 1. The third-order valence-corrected chi connectivity index (χ3v) is 3.32. The summed E-state index contributed by atoms with van der Waals surface area (Å²) in [5, 5.41) is 2.20. The van der Waals surface area contributed by atoms with Gasteiger partial charge in [-0.1, -0.05) is 18.2 Å². The number of likely N-dealkylation sites (N-methyl/N-ethyl adjacent to an activating group) is 1. The first-order valence-electron chi connectivity index (χ1n) is 6.19. The monoisotopic (exact) mass is 274 g/mol. The fourth-order valence-electron chi connectivity index (χ4n) is 2.18. The van der Waals surface area contributed by atoms with Gasteiger partial charge in [0.2, 0.25) is 11.8 Å². The number of piperidine rings is 1. The Morgan fingerprint density at radius 1 is 1.35 bits per heavy atom. The Bertz CT molecular complexity index is 582. The lowest BCUT2D eigenvalue weighted by molar-refractivity contribution is -0.136. The van der Waals surface area contributed by atoms with Crippen LogP contribution in [-0.2, 0) is 9.59 Å². The van der Waals surface area contributed by atoms with Crippen molar-refractivity contribution >= 4 is 24.0 Å². The van der Waals surface area contributed by atoms with E-state index in [1.165, 1.54) is 18.0 Å². The van der Waals surface area contributed by atoms with E-state index in [1.54, 1.807) is 18.2 Å². The minimum atomic E-state index is -0.695. The maximum absolute atomic E-state index is 12.4. The predicted molar refractivity (Wildman–Crippen MR) is 70.1 cm³/mol. The van der Waals surface area contributed by atoms with E-state index in [1.807, 2.05) is 0 Å². The number of nitrogens with one attached hydrogen (secondary N) is 1. The van der Waals surface area contributed by atoms with Crippen molar-refractivity contribution in [2.24, 2.45) is 0 Å². The molecule has 1 aromatic carbocycles. The molecule has 1 aliphatic rings. The van der Waals surface area contributed by atoms with Crippen LogP contribution in [0.4, 0.5) is 0 Å². The normalized spacial score (nSPS) is 18.4. The highest BCUT2D eigenvalue weighted by molar-refractivity contribution is 6.05. The van der Waals surface area contributed by atoms with Gasteiger partial charge in [0.15, 0.2) is 6.29 Å². The number of hydrogen-bond acceptors (Lipinski definition) is 4. The summed E-state index contributed by atoms with van der Waals surface area (Å²) in [6.45, 7) is 0. The Balaban J connectivity index is 2.22. The minimum absolute atomic E-state index is 0.198. The van der Waals surface area contributed by atoms with Crippen LogP contribution in [0.5, 0.6) is 0 Å². The quantitative estimate of drug-likeness (QED) is 0.638. The van der Waals surface area contributed by atoms with Gasteiger partial charge >= 0.3 is 0 Å². The van der Waals surface area contributed by atoms with Crippen molar-refractivity contribution in [2.75, 3.05) is 7.05 Å². The maximum Gasteiger partial charge on any atom is 0.255 e. The Kier molecular flexibility index (Phi) is 3.93. The summed E-state index contributed by atoms with van der Waals surface area (Å²) in [6.07, 6.45) is 1.09. The highest BCUT2D eigenvalue weighted by atomic mass is 16.2. The summed E-state index contributed by atoms with van der Waals surface area (Å²) < 4.78 is 0. The summed E-state index contributed by atoms with van der Waals surface area (Å²) in [7, 11) is 1.49. The second-order valence-electron chi connectivity index (χ2n) is 4.59. The van der Waals surface area contributed by atoms with E-state index in [4.69, 9.17) is 0 Å². The molecular formula is C14H14N2O4. The van der Waals surface area contributed by atoms with Crippen LogP contribution in [0.2, 0.25) is 0 Å². The molecule has 6 nitrogen and oxygen atoms in total. The molecule has 1 saturated heterocycles. The van der Waals surface area contributed by atoms with Gasteiger partial charge in [-0.2, -0.15) is 0 Å². The molecule has 104 valence electrons.